The summed E-state index contributed by atoms with van der Waals surface area (Å²) in [6.45, 7) is 1.43. The standard InChI is InChI=1S/C11H12N2O.C9H11N3O2S/c12-11(14)13-10-8-3-1-6(8)5-7-2-4-9(7)10;1-2-3-13-7-5-12-9(14-6-7)8(15-10)4-11-12/h5H,1-4H2,(H3,12,13,14);1,4,7H,3,5-6,10H2. The number of carbonyl (C=O) groups excluding carboxylic acids is 1. The molecule has 0 fully saturated rings. The Labute approximate surface area is 173 Å². The lowest BCUT2D eigenvalue weighted by Gasteiger charge is -2.31. The van der Waals surface area contributed by atoms with Gasteiger partial charge in [0.15, 0.2) is 0 Å². The van der Waals surface area contributed by atoms with Gasteiger partial charge in [-0.25, -0.2) is 9.48 Å². The number of urea groups is 1. The van der Waals surface area contributed by atoms with Gasteiger partial charge < -0.3 is 20.5 Å². The SMILES string of the molecule is C#CCOC1COc2c(SN)cnn2C1.NC(=O)Nc1c2c(cc3c1CC3)CC2. The van der Waals surface area contributed by atoms with Gasteiger partial charge in [0.1, 0.15) is 24.2 Å². The van der Waals surface area contributed by atoms with Crippen molar-refractivity contribution in [3.05, 3.63) is 34.5 Å². The van der Waals surface area contributed by atoms with Crippen LogP contribution in [-0.4, -0.2) is 35.1 Å². The van der Waals surface area contributed by atoms with E-state index in [1.807, 2.05) is 0 Å². The Hall–Kier alpha value is -2.67. The van der Waals surface area contributed by atoms with Crippen LogP contribution in [0.15, 0.2) is 17.2 Å². The van der Waals surface area contributed by atoms with E-state index in [0.717, 1.165) is 48.2 Å². The Morgan fingerprint density at radius 2 is 2.10 bits per heavy atom. The van der Waals surface area contributed by atoms with E-state index in [-0.39, 0.29) is 6.10 Å². The number of anilines is 1. The minimum Gasteiger partial charge on any atom is -0.474 e. The molecule has 29 heavy (non-hydrogen) atoms. The molecule has 1 aliphatic heterocycles. The molecule has 5 rings (SSSR count). The molecule has 0 spiro atoms. The number of nitrogens with one attached hydrogen (secondary N) is 1. The molecule has 8 nitrogen and oxygen atoms in total. The van der Waals surface area contributed by atoms with Gasteiger partial charge in [-0.15, -0.1) is 6.42 Å². The maximum absolute atomic E-state index is 10.9. The highest BCUT2D eigenvalue weighted by Crippen LogP contribution is 2.40. The highest BCUT2D eigenvalue weighted by molar-refractivity contribution is 7.97. The molecule has 0 saturated carbocycles. The van der Waals surface area contributed by atoms with Gasteiger partial charge in [-0.2, -0.15) is 5.10 Å². The summed E-state index contributed by atoms with van der Waals surface area (Å²) in [4.78, 5) is 11.7. The minimum absolute atomic E-state index is 0.0379. The smallest absolute Gasteiger partial charge is 0.316 e. The highest BCUT2D eigenvalue weighted by atomic mass is 32.2. The minimum atomic E-state index is -0.445. The summed E-state index contributed by atoms with van der Waals surface area (Å²) < 4.78 is 12.6. The molecule has 2 aromatic rings. The number of hydrogen-bond donors (Lipinski definition) is 3. The fraction of sp³-hybridized carbons (Fsp3) is 0.400. The number of hydrogen-bond acceptors (Lipinski definition) is 6. The van der Waals surface area contributed by atoms with E-state index in [9.17, 15) is 4.79 Å². The van der Waals surface area contributed by atoms with E-state index in [0.29, 0.717) is 25.6 Å². The van der Waals surface area contributed by atoms with Gasteiger partial charge in [0.2, 0.25) is 5.88 Å². The number of primary amides is 1. The van der Waals surface area contributed by atoms with Crippen LogP contribution in [0.2, 0.25) is 0 Å². The van der Waals surface area contributed by atoms with Gasteiger partial charge >= 0.3 is 6.03 Å². The van der Waals surface area contributed by atoms with Crippen LogP contribution < -0.4 is 20.9 Å². The summed E-state index contributed by atoms with van der Waals surface area (Å²) in [7, 11) is 0. The largest absolute Gasteiger partial charge is 0.474 e. The van der Waals surface area contributed by atoms with Crippen molar-refractivity contribution in [3.8, 4) is 18.2 Å². The second kappa shape index (κ2) is 8.37. The molecular formula is C20H23N5O3S. The van der Waals surface area contributed by atoms with E-state index in [1.165, 1.54) is 22.3 Å². The summed E-state index contributed by atoms with van der Waals surface area (Å²) in [6, 6.07) is 1.84. The molecule has 1 aromatic heterocycles. The number of nitrogens with two attached hydrogens (primary N) is 2. The molecule has 0 radical (unpaired) electrons. The fourth-order valence-electron chi connectivity index (χ4n) is 3.74. The number of amides is 2. The fourth-order valence-corrected chi connectivity index (χ4v) is 4.12. The number of aromatic nitrogens is 2. The van der Waals surface area contributed by atoms with Crippen LogP contribution in [-0.2, 0) is 37.0 Å². The zero-order valence-electron chi connectivity index (χ0n) is 15.9. The van der Waals surface area contributed by atoms with Crippen LogP contribution in [0.3, 0.4) is 0 Å². The molecule has 9 heteroatoms. The third-order valence-electron chi connectivity index (χ3n) is 5.34. The van der Waals surface area contributed by atoms with Crippen molar-refractivity contribution < 1.29 is 14.3 Å². The zero-order chi connectivity index (χ0) is 20.4. The Kier molecular flexibility index (Phi) is 5.67. The number of ether oxygens (including phenoxy) is 2. The van der Waals surface area contributed by atoms with Crippen molar-refractivity contribution in [3.63, 3.8) is 0 Å². The van der Waals surface area contributed by atoms with E-state index < -0.39 is 6.03 Å². The molecule has 152 valence electrons. The van der Waals surface area contributed by atoms with Crippen molar-refractivity contribution in [2.75, 3.05) is 18.5 Å². The Balaban J connectivity index is 0.000000141. The number of aryl methyl sites for hydroxylation is 2. The molecule has 3 aliphatic rings. The second-order valence-corrected chi connectivity index (χ2v) is 7.75. The number of fused-ring (bicyclic) bond motifs is 3. The van der Waals surface area contributed by atoms with Crippen LogP contribution in [0.1, 0.15) is 22.3 Å². The average Bonchev–Trinajstić information content (AvgIpc) is 3.06. The van der Waals surface area contributed by atoms with Crippen molar-refractivity contribution >= 4 is 23.7 Å². The van der Waals surface area contributed by atoms with Crippen molar-refractivity contribution in [1.29, 1.82) is 0 Å². The van der Waals surface area contributed by atoms with E-state index in [4.69, 9.17) is 26.8 Å². The first-order valence-corrected chi connectivity index (χ1v) is 10.3. The van der Waals surface area contributed by atoms with Gasteiger partial charge in [0.05, 0.1) is 12.7 Å². The molecule has 0 bridgehead atoms. The average molecular weight is 414 g/mol. The number of benzene rings is 1. The van der Waals surface area contributed by atoms with Gasteiger partial charge in [0, 0.05) is 5.69 Å². The lowest BCUT2D eigenvalue weighted by molar-refractivity contribution is 0.00168. The van der Waals surface area contributed by atoms with Crippen molar-refractivity contribution in [2.45, 2.75) is 43.2 Å². The van der Waals surface area contributed by atoms with Gasteiger partial charge in [0.25, 0.3) is 0 Å². The number of nitrogens with zero attached hydrogens (tertiary/aromatic N) is 2. The topological polar surface area (TPSA) is 117 Å². The third kappa shape index (κ3) is 3.92. The van der Waals surface area contributed by atoms with E-state index >= 15 is 0 Å². The molecule has 2 aliphatic carbocycles. The van der Waals surface area contributed by atoms with E-state index in [2.05, 4.69) is 22.4 Å². The monoisotopic (exact) mass is 413 g/mol. The number of terminal acetylenes is 1. The first-order chi connectivity index (χ1) is 14.1. The molecule has 2 amide bonds. The van der Waals surface area contributed by atoms with Crippen molar-refractivity contribution in [1.82, 2.24) is 9.78 Å². The number of carbonyl (C=O) groups is 1. The van der Waals surface area contributed by atoms with Crippen LogP contribution in [0, 0.1) is 12.3 Å². The number of rotatable bonds is 4. The molecular weight excluding hydrogens is 390 g/mol. The maximum atomic E-state index is 10.9. The normalized spacial score (nSPS) is 17.6. The first kappa shape index (κ1) is 19.6. The maximum Gasteiger partial charge on any atom is 0.316 e. The Morgan fingerprint density at radius 3 is 2.66 bits per heavy atom. The summed E-state index contributed by atoms with van der Waals surface area (Å²) in [6.07, 6.45) is 11.2. The quantitative estimate of drug-likeness (QED) is 0.518. The molecule has 1 unspecified atom stereocenters. The van der Waals surface area contributed by atoms with Crippen molar-refractivity contribution in [2.24, 2.45) is 10.9 Å². The first-order valence-electron chi connectivity index (χ1n) is 9.44. The zero-order valence-corrected chi connectivity index (χ0v) is 16.8. The van der Waals surface area contributed by atoms with Crippen LogP contribution in [0.5, 0.6) is 5.88 Å². The predicted molar refractivity (Wildman–Crippen MR) is 111 cm³/mol. The summed E-state index contributed by atoms with van der Waals surface area (Å²) >= 11 is 1.13. The third-order valence-corrected chi connectivity index (χ3v) is 5.87. The Morgan fingerprint density at radius 1 is 1.38 bits per heavy atom. The van der Waals surface area contributed by atoms with Crippen LogP contribution in [0.25, 0.3) is 0 Å². The van der Waals surface area contributed by atoms with Gasteiger partial charge in [-0.1, -0.05) is 12.0 Å². The predicted octanol–water partition coefficient (Wildman–Crippen LogP) is 1.63. The summed E-state index contributed by atoms with van der Waals surface area (Å²) in [5.74, 6) is 3.13. The van der Waals surface area contributed by atoms with Gasteiger partial charge in [-0.3, -0.25) is 5.14 Å². The highest BCUT2D eigenvalue weighted by Gasteiger charge is 2.27. The lowest BCUT2D eigenvalue weighted by atomic mass is 9.76. The summed E-state index contributed by atoms with van der Waals surface area (Å²) in [5.41, 5.74) is 11.6. The second-order valence-electron chi connectivity index (χ2n) is 7.08. The van der Waals surface area contributed by atoms with E-state index in [1.54, 1.807) is 10.9 Å². The van der Waals surface area contributed by atoms with Crippen LogP contribution >= 0.6 is 11.9 Å². The molecule has 5 N–H and O–H groups in total. The lowest BCUT2D eigenvalue weighted by Crippen LogP contribution is -2.33. The van der Waals surface area contributed by atoms with Crippen LogP contribution in [0.4, 0.5) is 10.5 Å². The Bertz CT molecular complexity index is 951. The molecule has 1 aromatic carbocycles. The molecule has 2 heterocycles. The summed E-state index contributed by atoms with van der Waals surface area (Å²) in [5, 5.41) is 12.4. The molecule has 1 atom stereocenters. The van der Waals surface area contributed by atoms with Gasteiger partial charge in [-0.05, 0) is 59.9 Å². The molecule has 0 saturated heterocycles.